The Hall–Kier alpha value is -3.09. The highest BCUT2D eigenvalue weighted by molar-refractivity contribution is 5.94. The normalized spacial score (nSPS) is 14.3. The number of piperidine rings is 1. The zero-order valence-electron chi connectivity index (χ0n) is 17.7. The Bertz CT molecular complexity index is 816. The Morgan fingerprint density at radius 2 is 1.90 bits per heavy atom. The number of urea groups is 1. The molecule has 0 spiro atoms. The first-order valence-electron chi connectivity index (χ1n) is 10.4. The number of amides is 3. The van der Waals surface area contributed by atoms with Gasteiger partial charge in [0.05, 0.1) is 18.5 Å². The Kier molecular flexibility index (Phi) is 7.65. The van der Waals surface area contributed by atoms with Crippen LogP contribution in [0.3, 0.4) is 0 Å². The summed E-state index contributed by atoms with van der Waals surface area (Å²) in [6.07, 6.45) is 7.44. The van der Waals surface area contributed by atoms with E-state index in [9.17, 15) is 9.59 Å². The molecule has 1 aliphatic heterocycles. The van der Waals surface area contributed by atoms with Gasteiger partial charge in [-0.15, -0.1) is 0 Å². The number of hydrogen-bond donors (Lipinski definition) is 1. The van der Waals surface area contributed by atoms with Crippen LogP contribution in [0.5, 0.6) is 5.75 Å². The number of benzene rings is 1. The van der Waals surface area contributed by atoms with Crippen molar-refractivity contribution in [2.45, 2.75) is 25.7 Å². The fourth-order valence-electron chi connectivity index (χ4n) is 3.58. The lowest BCUT2D eigenvalue weighted by Crippen LogP contribution is -2.41. The van der Waals surface area contributed by atoms with Crippen LogP contribution in [-0.2, 0) is 0 Å². The molecule has 0 saturated carbocycles. The molecule has 3 amide bonds. The van der Waals surface area contributed by atoms with E-state index < -0.39 is 0 Å². The number of aromatic nitrogens is 1. The number of hydrogen-bond acceptors (Lipinski definition) is 4. The van der Waals surface area contributed by atoms with Crippen LogP contribution in [0.2, 0.25) is 0 Å². The molecule has 30 heavy (non-hydrogen) atoms. The number of likely N-dealkylation sites (tertiary alicyclic amines) is 1. The van der Waals surface area contributed by atoms with E-state index >= 15 is 0 Å². The second kappa shape index (κ2) is 10.6. The van der Waals surface area contributed by atoms with Crippen LogP contribution in [0, 0.1) is 5.92 Å². The van der Waals surface area contributed by atoms with E-state index in [1.54, 1.807) is 43.5 Å². The van der Waals surface area contributed by atoms with Crippen LogP contribution < -0.4 is 10.1 Å². The summed E-state index contributed by atoms with van der Waals surface area (Å²) in [5.74, 6) is 1.39. The third kappa shape index (κ3) is 6.20. The van der Waals surface area contributed by atoms with Gasteiger partial charge in [-0.3, -0.25) is 9.78 Å². The molecule has 1 fully saturated rings. The van der Waals surface area contributed by atoms with Gasteiger partial charge >= 0.3 is 6.03 Å². The van der Waals surface area contributed by atoms with E-state index in [0.717, 1.165) is 50.2 Å². The summed E-state index contributed by atoms with van der Waals surface area (Å²) in [6.45, 7) is 2.21. The summed E-state index contributed by atoms with van der Waals surface area (Å²) < 4.78 is 5.81. The third-order valence-corrected chi connectivity index (χ3v) is 5.35. The number of carbonyl (C=O) groups is 2. The average molecular weight is 411 g/mol. The second-order valence-electron chi connectivity index (χ2n) is 7.82. The first-order chi connectivity index (χ1) is 14.5. The van der Waals surface area contributed by atoms with Crippen molar-refractivity contribution in [3.05, 3.63) is 54.4 Å². The fourth-order valence-corrected chi connectivity index (χ4v) is 3.58. The number of rotatable bonds is 7. The summed E-state index contributed by atoms with van der Waals surface area (Å²) in [5.41, 5.74) is 1.38. The van der Waals surface area contributed by atoms with E-state index in [4.69, 9.17) is 4.74 Å². The summed E-state index contributed by atoms with van der Waals surface area (Å²) in [4.78, 5) is 31.7. The van der Waals surface area contributed by atoms with Crippen molar-refractivity contribution in [3.8, 4) is 5.75 Å². The average Bonchev–Trinajstić information content (AvgIpc) is 2.77. The number of ether oxygens (including phenoxy) is 1. The molecule has 0 aliphatic carbocycles. The first-order valence-corrected chi connectivity index (χ1v) is 10.4. The van der Waals surface area contributed by atoms with Gasteiger partial charge in [0, 0.05) is 38.9 Å². The number of carbonyl (C=O) groups excluding carboxylic acids is 2. The predicted molar refractivity (Wildman–Crippen MR) is 117 cm³/mol. The predicted octanol–water partition coefficient (Wildman–Crippen LogP) is 3.89. The first kappa shape index (κ1) is 21.6. The Morgan fingerprint density at radius 3 is 2.53 bits per heavy atom. The van der Waals surface area contributed by atoms with Gasteiger partial charge in [0.2, 0.25) is 0 Å². The van der Waals surface area contributed by atoms with Crippen LogP contribution in [0.25, 0.3) is 0 Å². The Labute approximate surface area is 178 Å². The van der Waals surface area contributed by atoms with Crippen molar-refractivity contribution in [2.24, 2.45) is 5.92 Å². The molecule has 1 aromatic heterocycles. The summed E-state index contributed by atoms with van der Waals surface area (Å²) in [5, 5.41) is 2.89. The SMILES string of the molecule is CN(C)C(=O)c1ccc(OCCCC2CCN(C(=O)Nc3cccnc3)CC2)cc1. The maximum atomic E-state index is 12.3. The zero-order valence-corrected chi connectivity index (χ0v) is 17.7. The van der Waals surface area contributed by atoms with Gasteiger partial charge in [-0.2, -0.15) is 0 Å². The Balaban J connectivity index is 1.32. The van der Waals surface area contributed by atoms with Gasteiger partial charge in [0.15, 0.2) is 0 Å². The monoisotopic (exact) mass is 410 g/mol. The van der Waals surface area contributed by atoms with Gasteiger partial charge in [-0.1, -0.05) is 0 Å². The van der Waals surface area contributed by atoms with Crippen molar-refractivity contribution in [1.29, 1.82) is 0 Å². The topological polar surface area (TPSA) is 74.8 Å². The minimum absolute atomic E-state index is 0.0120. The van der Waals surface area contributed by atoms with E-state index in [1.807, 2.05) is 29.2 Å². The minimum atomic E-state index is -0.0546. The molecule has 0 atom stereocenters. The second-order valence-corrected chi connectivity index (χ2v) is 7.82. The van der Waals surface area contributed by atoms with Gasteiger partial charge in [-0.05, 0) is 68.0 Å². The Morgan fingerprint density at radius 1 is 1.17 bits per heavy atom. The maximum absolute atomic E-state index is 12.3. The molecule has 1 aliphatic rings. The molecule has 0 bridgehead atoms. The van der Waals surface area contributed by atoms with Gasteiger partial charge in [-0.25, -0.2) is 4.79 Å². The molecule has 1 aromatic carbocycles. The number of nitrogens with zero attached hydrogens (tertiary/aromatic N) is 3. The van der Waals surface area contributed by atoms with Crippen molar-refractivity contribution in [2.75, 3.05) is 39.1 Å². The van der Waals surface area contributed by atoms with Crippen LogP contribution >= 0.6 is 0 Å². The molecule has 7 heteroatoms. The molecule has 1 N–H and O–H groups in total. The van der Waals surface area contributed by atoms with E-state index in [-0.39, 0.29) is 11.9 Å². The lowest BCUT2D eigenvalue weighted by molar-refractivity contribution is 0.0827. The molecular weight excluding hydrogens is 380 g/mol. The fraction of sp³-hybridized carbons (Fsp3) is 0.435. The lowest BCUT2D eigenvalue weighted by Gasteiger charge is -2.32. The lowest BCUT2D eigenvalue weighted by atomic mass is 9.92. The summed E-state index contributed by atoms with van der Waals surface area (Å²) >= 11 is 0. The number of anilines is 1. The molecular formula is C23H30N4O3. The van der Waals surface area contributed by atoms with Gasteiger partial charge < -0.3 is 19.9 Å². The molecule has 2 aromatic rings. The number of pyridine rings is 1. The van der Waals surface area contributed by atoms with Crippen molar-refractivity contribution in [3.63, 3.8) is 0 Å². The standard InChI is InChI=1S/C23H30N4O3/c1-26(2)22(28)19-7-9-21(10-8-19)30-16-4-5-18-11-14-27(15-12-18)23(29)25-20-6-3-13-24-17-20/h3,6-10,13,17-18H,4-5,11-12,14-16H2,1-2H3,(H,25,29). The largest absolute Gasteiger partial charge is 0.494 e. The van der Waals surface area contributed by atoms with E-state index in [0.29, 0.717) is 18.1 Å². The molecule has 0 radical (unpaired) electrons. The summed E-state index contributed by atoms with van der Waals surface area (Å²) in [6, 6.07) is 10.9. The van der Waals surface area contributed by atoms with Crippen LogP contribution in [0.1, 0.15) is 36.0 Å². The highest BCUT2D eigenvalue weighted by Gasteiger charge is 2.22. The molecule has 7 nitrogen and oxygen atoms in total. The third-order valence-electron chi connectivity index (χ3n) is 5.35. The minimum Gasteiger partial charge on any atom is -0.494 e. The van der Waals surface area contributed by atoms with Gasteiger partial charge in [0.1, 0.15) is 5.75 Å². The molecule has 1 saturated heterocycles. The smallest absolute Gasteiger partial charge is 0.321 e. The summed E-state index contributed by atoms with van der Waals surface area (Å²) in [7, 11) is 3.48. The van der Waals surface area contributed by atoms with Crippen LogP contribution in [0.15, 0.2) is 48.8 Å². The highest BCUT2D eigenvalue weighted by atomic mass is 16.5. The molecule has 0 unspecified atom stereocenters. The van der Waals surface area contributed by atoms with Gasteiger partial charge in [0.25, 0.3) is 5.91 Å². The quantitative estimate of drug-likeness (QED) is 0.703. The van der Waals surface area contributed by atoms with E-state index in [1.165, 1.54) is 0 Å². The zero-order chi connectivity index (χ0) is 21.3. The van der Waals surface area contributed by atoms with Crippen molar-refractivity contribution >= 4 is 17.6 Å². The van der Waals surface area contributed by atoms with Crippen molar-refractivity contribution in [1.82, 2.24) is 14.8 Å². The highest BCUT2D eigenvalue weighted by Crippen LogP contribution is 2.23. The maximum Gasteiger partial charge on any atom is 0.321 e. The van der Waals surface area contributed by atoms with E-state index in [2.05, 4.69) is 10.3 Å². The molecule has 160 valence electrons. The van der Waals surface area contributed by atoms with Crippen LogP contribution in [0.4, 0.5) is 10.5 Å². The van der Waals surface area contributed by atoms with Crippen molar-refractivity contribution < 1.29 is 14.3 Å². The van der Waals surface area contributed by atoms with Crippen LogP contribution in [-0.4, -0.2) is 60.5 Å². The molecule has 3 rings (SSSR count). The number of nitrogens with one attached hydrogen (secondary N) is 1. The molecule has 2 heterocycles.